The van der Waals surface area contributed by atoms with Crippen LogP contribution in [-0.2, 0) is 9.59 Å². The summed E-state index contributed by atoms with van der Waals surface area (Å²) in [5.74, 6) is -1.68. The minimum absolute atomic E-state index is 0.0999. The molecule has 0 heterocycles. The van der Waals surface area contributed by atoms with Crippen LogP contribution >= 0.6 is 0 Å². The van der Waals surface area contributed by atoms with Gasteiger partial charge in [-0.25, -0.2) is 0 Å². The van der Waals surface area contributed by atoms with E-state index in [0.29, 0.717) is 6.42 Å². The summed E-state index contributed by atoms with van der Waals surface area (Å²) in [6.07, 6.45) is -0.501. The van der Waals surface area contributed by atoms with Gasteiger partial charge in [0.25, 0.3) is 0 Å². The van der Waals surface area contributed by atoms with Gasteiger partial charge in [-0.05, 0) is 6.42 Å². The normalized spacial score (nSPS) is 14.5. The molecule has 82 valence electrons. The molecule has 2 unspecified atom stereocenters. The van der Waals surface area contributed by atoms with Crippen molar-refractivity contribution in [3.05, 3.63) is 0 Å². The Hall–Kier alpha value is -1.14. The Balaban J connectivity index is 3.78. The van der Waals surface area contributed by atoms with Crippen LogP contribution in [0.3, 0.4) is 0 Å². The van der Waals surface area contributed by atoms with Crippen LogP contribution in [0.25, 0.3) is 0 Å². The van der Waals surface area contributed by atoms with Crippen LogP contribution in [0, 0.1) is 0 Å². The summed E-state index contributed by atoms with van der Waals surface area (Å²) in [7, 11) is 0. The van der Waals surface area contributed by atoms with Crippen LogP contribution in [0.1, 0.15) is 19.8 Å². The van der Waals surface area contributed by atoms with Crippen molar-refractivity contribution in [2.45, 2.75) is 31.9 Å². The van der Waals surface area contributed by atoms with Crippen molar-refractivity contribution < 1.29 is 19.8 Å². The van der Waals surface area contributed by atoms with Gasteiger partial charge in [-0.2, -0.15) is 0 Å². The molecule has 14 heavy (non-hydrogen) atoms. The van der Waals surface area contributed by atoms with Gasteiger partial charge in [0.1, 0.15) is 0 Å². The number of carbonyl (C=O) groups is 2. The number of carboxylic acids is 1. The second-order valence-electron chi connectivity index (χ2n) is 3.01. The van der Waals surface area contributed by atoms with Crippen molar-refractivity contribution in [2.75, 3.05) is 6.54 Å². The monoisotopic (exact) mass is 204 g/mol. The minimum Gasteiger partial charge on any atom is -0.481 e. The van der Waals surface area contributed by atoms with Gasteiger partial charge in [-0.1, -0.05) is 6.92 Å². The Bertz CT molecular complexity index is 208. The number of hydrogen-bond donors (Lipinski definition) is 4. The Kier molecular flexibility index (Phi) is 5.82. The zero-order valence-corrected chi connectivity index (χ0v) is 8.06. The Morgan fingerprint density at radius 1 is 1.50 bits per heavy atom. The van der Waals surface area contributed by atoms with Crippen molar-refractivity contribution in [1.29, 1.82) is 0 Å². The van der Waals surface area contributed by atoms with Gasteiger partial charge in [0.15, 0.2) is 0 Å². The molecule has 0 radical (unpaired) electrons. The first-order chi connectivity index (χ1) is 6.47. The van der Waals surface area contributed by atoms with Crippen LogP contribution in [0.15, 0.2) is 0 Å². The van der Waals surface area contributed by atoms with E-state index in [1.54, 1.807) is 6.92 Å². The predicted octanol–water partition coefficient (Wildman–Crippen LogP) is -1.32. The van der Waals surface area contributed by atoms with Crippen molar-refractivity contribution in [3.8, 4) is 0 Å². The molecular formula is C8H16N2O4. The number of nitrogens with one attached hydrogen (secondary N) is 1. The molecule has 0 aliphatic rings. The predicted molar refractivity (Wildman–Crippen MR) is 49.5 cm³/mol. The number of aliphatic hydroxyl groups is 1. The molecule has 6 heteroatoms. The lowest BCUT2D eigenvalue weighted by molar-refractivity contribution is -0.139. The largest absolute Gasteiger partial charge is 0.481 e. The maximum atomic E-state index is 11.1. The SMILES string of the molecule is CCC(O)CNC(=O)C(N)CC(=O)O. The number of hydrogen-bond acceptors (Lipinski definition) is 4. The maximum absolute atomic E-state index is 11.1. The Morgan fingerprint density at radius 2 is 2.07 bits per heavy atom. The molecule has 0 aromatic heterocycles. The molecule has 0 bridgehead atoms. The quantitative estimate of drug-likeness (QED) is 0.428. The van der Waals surface area contributed by atoms with Crippen LogP contribution in [0.5, 0.6) is 0 Å². The first-order valence-corrected chi connectivity index (χ1v) is 4.40. The summed E-state index contributed by atoms with van der Waals surface area (Å²) in [6.45, 7) is 1.87. The second kappa shape index (κ2) is 6.33. The summed E-state index contributed by atoms with van der Waals surface area (Å²) in [6, 6.07) is -1.06. The van der Waals surface area contributed by atoms with Crippen LogP contribution in [0.2, 0.25) is 0 Å². The van der Waals surface area contributed by atoms with E-state index in [-0.39, 0.29) is 6.54 Å². The first kappa shape index (κ1) is 12.9. The molecular weight excluding hydrogens is 188 g/mol. The summed E-state index contributed by atoms with van der Waals surface area (Å²) in [5, 5.41) is 19.8. The number of carbonyl (C=O) groups excluding carboxylic acids is 1. The number of aliphatic carboxylic acids is 1. The van der Waals surface area contributed by atoms with E-state index >= 15 is 0 Å². The lowest BCUT2D eigenvalue weighted by atomic mass is 10.2. The summed E-state index contributed by atoms with van der Waals surface area (Å²) in [5.41, 5.74) is 5.27. The van der Waals surface area contributed by atoms with Gasteiger partial charge >= 0.3 is 5.97 Å². The second-order valence-corrected chi connectivity index (χ2v) is 3.01. The van der Waals surface area contributed by atoms with E-state index in [0.717, 1.165) is 0 Å². The topological polar surface area (TPSA) is 113 Å². The zero-order valence-electron chi connectivity index (χ0n) is 8.06. The van der Waals surface area contributed by atoms with Crippen LogP contribution < -0.4 is 11.1 Å². The van der Waals surface area contributed by atoms with Gasteiger partial charge in [0, 0.05) is 6.54 Å². The van der Waals surface area contributed by atoms with Gasteiger partial charge in [0.05, 0.1) is 18.6 Å². The summed E-state index contributed by atoms with van der Waals surface area (Å²) >= 11 is 0. The highest BCUT2D eigenvalue weighted by Crippen LogP contribution is 1.90. The standard InChI is InChI=1S/C8H16N2O4/c1-2-5(11)4-10-8(14)6(9)3-7(12)13/h5-6,11H,2-4,9H2,1H3,(H,10,14)(H,12,13). The van der Waals surface area contributed by atoms with E-state index in [1.807, 2.05) is 0 Å². The number of nitrogens with two attached hydrogens (primary N) is 1. The van der Waals surface area contributed by atoms with E-state index in [9.17, 15) is 9.59 Å². The molecule has 0 saturated heterocycles. The van der Waals surface area contributed by atoms with Crippen LogP contribution in [0.4, 0.5) is 0 Å². The van der Waals surface area contributed by atoms with E-state index < -0.39 is 30.4 Å². The highest BCUT2D eigenvalue weighted by Gasteiger charge is 2.16. The first-order valence-electron chi connectivity index (χ1n) is 4.40. The molecule has 2 atom stereocenters. The number of aliphatic hydroxyl groups excluding tert-OH is 1. The fraction of sp³-hybridized carbons (Fsp3) is 0.750. The van der Waals surface area contributed by atoms with Crippen molar-refractivity contribution >= 4 is 11.9 Å². The van der Waals surface area contributed by atoms with Gasteiger partial charge in [0.2, 0.25) is 5.91 Å². The summed E-state index contributed by atoms with van der Waals surface area (Å²) in [4.78, 5) is 21.3. The molecule has 0 rings (SSSR count). The third-order valence-electron chi connectivity index (χ3n) is 1.71. The number of rotatable bonds is 6. The minimum atomic E-state index is -1.12. The lowest BCUT2D eigenvalue weighted by Crippen LogP contribution is -2.44. The van der Waals surface area contributed by atoms with Crippen LogP contribution in [-0.4, -0.2) is 40.8 Å². The zero-order chi connectivity index (χ0) is 11.1. The van der Waals surface area contributed by atoms with Gasteiger partial charge in [-0.3, -0.25) is 9.59 Å². The molecule has 0 aliphatic carbocycles. The van der Waals surface area contributed by atoms with Crippen molar-refractivity contribution in [1.82, 2.24) is 5.32 Å². The third kappa shape index (κ3) is 5.50. The van der Waals surface area contributed by atoms with E-state index in [2.05, 4.69) is 5.32 Å². The fourth-order valence-corrected chi connectivity index (χ4v) is 0.775. The highest BCUT2D eigenvalue weighted by molar-refractivity contribution is 5.85. The molecule has 0 spiro atoms. The van der Waals surface area contributed by atoms with E-state index in [1.165, 1.54) is 0 Å². The lowest BCUT2D eigenvalue weighted by Gasteiger charge is -2.12. The molecule has 6 nitrogen and oxygen atoms in total. The van der Waals surface area contributed by atoms with Crippen molar-refractivity contribution in [2.24, 2.45) is 5.73 Å². The molecule has 0 aliphatic heterocycles. The number of amides is 1. The van der Waals surface area contributed by atoms with E-state index in [4.69, 9.17) is 15.9 Å². The van der Waals surface area contributed by atoms with Crippen molar-refractivity contribution in [3.63, 3.8) is 0 Å². The highest BCUT2D eigenvalue weighted by atomic mass is 16.4. The smallest absolute Gasteiger partial charge is 0.305 e. The van der Waals surface area contributed by atoms with Gasteiger partial charge < -0.3 is 21.3 Å². The Morgan fingerprint density at radius 3 is 2.50 bits per heavy atom. The third-order valence-corrected chi connectivity index (χ3v) is 1.71. The average molecular weight is 204 g/mol. The molecule has 0 saturated carbocycles. The molecule has 5 N–H and O–H groups in total. The van der Waals surface area contributed by atoms with Gasteiger partial charge in [-0.15, -0.1) is 0 Å². The molecule has 1 amide bonds. The number of carboxylic acid groups (broad SMARTS) is 1. The molecule has 0 aromatic carbocycles. The Labute approximate surface area is 82.1 Å². The fourth-order valence-electron chi connectivity index (χ4n) is 0.775. The molecule has 0 fully saturated rings. The molecule has 0 aromatic rings. The summed E-state index contributed by atoms with van der Waals surface area (Å²) < 4.78 is 0. The maximum Gasteiger partial charge on any atom is 0.305 e. The average Bonchev–Trinajstić information content (AvgIpc) is 2.12.